The first-order valence-electron chi connectivity index (χ1n) is 5.99. The molecule has 1 N–H and O–H groups in total. The molecule has 2 fully saturated rings. The maximum absolute atomic E-state index is 13.5. The summed E-state index contributed by atoms with van der Waals surface area (Å²) in [6, 6.07) is -0.289. The number of hydrogen-bond donors (Lipinski definition) is 1. The van der Waals surface area contributed by atoms with Gasteiger partial charge in [0.2, 0.25) is 5.91 Å². The van der Waals surface area contributed by atoms with E-state index in [1.165, 1.54) is 0 Å². The number of amides is 2. The summed E-state index contributed by atoms with van der Waals surface area (Å²) in [5, 5.41) is 8.89. The predicted octanol–water partition coefficient (Wildman–Crippen LogP) is 1.09. The summed E-state index contributed by atoms with van der Waals surface area (Å²) in [5.74, 6) is 0.0284. The van der Waals surface area contributed by atoms with Crippen LogP contribution in [0.3, 0.4) is 0 Å². The Morgan fingerprint density at radius 3 is 2.76 bits per heavy atom. The van der Waals surface area contributed by atoms with E-state index >= 15 is 0 Å². The number of carbonyl (C=O) groups excluding carboxylic acids is 1. The van der Waals surface area contributed by atoms with Crippen molar-refractivity contribution >= 4 is 12.0 Å². The minimum atomic E-state index is -1.17. The fraction of sp³-hybridized carbons (Fsp3) is 0.818. The first kappa shape index (κ1) is 12.1. The molecule has 6 heteroatoms. The number of carbonyl (C=O) groups is 2. The Hall–Kier alpha value is -1.33. The number of carboxylic acid groups (broad SMARTS) is 1. The van der Waals surface area contributed by atoms with E-state index in [2.05, 4.69) is 0 Å². The number of rotatable bonds is 1. The molecular weight excluding hydrogens is 227 g/mol. The summed E-state index contributed by atoms with van der Waals surface area (Å²) in [4.78, 5) is 25.3. The van der Waals surface area contributed by atoms with E-state index in [1.807, 2.05) is 0 Å². The van der Waals surface area contributed by atoms with Crippen LogP contribution in [0.1, 0.15) is 25.7 Å². The van der Waals surface area contributed by atoms with Gasteiger partial charge in [-0.25, -0.2) is 9.18 Å². The van der Waals surface area contributed by atoms with Gasteiger partial charge in [0.1, 0.15) is 6.17 Å². The molecule has 0 aromatic heterocycles. The summed E-state index contributed by atoms with van der Waals surface area (Å²) in [6.45, 7) is 0.791. The number of halogens is 1. The lowest BCUT2D eigenvalue weighted by molar-refractivity contribution is -0.137. The Labute approximate surface area is 99.2 Å². The van der Waals surface area contributed by atoms with Crippen molar-refractivity contribution in [2.45, 2.75) is 37.9 Å². The fourth-order valence-electron chi connectivity index (χ4n) is 2.61. The van der Waals surface area contributed by atoms with Crippen LogP contribution in [0.5, 0.6) is 0 Å². The molecule has 2 aliphatic heterocycles. The number of likely N-dealkylation sites (tertiary alicyclic amines) is 2. The summed E-state index contributed by atoms with van der Waals surface area (Å²) in [6.07, 6.45) is 0.285. The van der Waals surface area contributed by atoms with Gasteiger partial charge >= 0.3 is 6.09 Å². The van der Waals surface area contributed by atoms with Crippen molar-refractivity contribution in [3.63, 3.8) is 0 Å². The minimum absolute atomic E-state index is 0.0284. The molecule has 2 aliphatic rings. The van der Waals surface area contributed by atoms with Crippen LogP contribution in [0.25, 0.3) is 0 Å². The molecule has 2 rings (SSSR count). The van der Waals surface area contributed by atoms with Gasteiger partial charge in [0, 0.05) is 25.9 Å². The van der Waals surface area contributed by atoms with Crippen molar-refractivity contribution in [2.75, 3.05) is 19.6 Å². The zero-order valence-electron chi connectivity index (χ0n) is 9.64. The normalized spacial score (nSPS) is 30.5. The smallest absolute Gasteiger partial charge is 0.407 e. The van der Waals surface area contributed by atoms with Crippen LogP contribution in [0.4, 0.5) is 9.18 Å². The number of piperidine rings is 2. The van der Waals surface area contributed by atoms with Gasteiger partial charge in [0.15, 0.2) is 0 Å². The third-order valence-electron chi connectivity index (χ3n) is 3.45. The molecule has 0 spiro atoms. The van der Waals surface area contributed by atoms with E-state index in [1.54, 1.807) is 4.90 Å². The lowest BCUT2D eigenvalue weighted by Crippen LogP contribution is -2.55. The van der Waals surface area contributed by atoms with Crippen LogP contribution in [0.2, 0.25) is 0 Å². The van der Waals surface area contributed by atoms with Crippen LogP contribution in [-0.4, -0.2) is 58.8 Å². The molecule has 0 radical (unpaired) electrons. The highest BCUT2D eigenvalue weighted by molar-refractivity contribution is 5.77. The number of nitrogens with zero attached hydrogens (tertiary/aromatic N) is 2. The van der Waals surface area contributed by atoms with E-state index in [0.717, 1.165) is 17.7 Å². The second-order valence-electron chi connectivity index (χ2n) is 4.72. The summed E-state index contributed by atoms with van der Waals surface area (Å²) in [5.41, 5.74) is 0. The molecule has 2 atom stereocenters. The molecule has 0 aliphatic carbocycles. The first-order chi connectivity index (χ1) is 8.08. The van der Waals surface area contributed by atoms with Crippen molar-refractivity contribution in [1.82, 2.24) is 9.80 Å². The molecule has 5 nitrogen and oxygen atoms in total. The van der Waals surface area contributed by atoms with E-state index in [-0.39, 0.29) is 31.5 Å². The average Bonchev–Trinajstić information content (AvgIpc) is 2.28. The van der Waals surface area contributed by atoms with Crippen molar-refractivity contribution < 1.29 is 19.1 Å². The third kappa shape index (κ3) is 2.68. The highest BCUT2D eigenvalue weighted by Crippen LogP contribution is 2.22. The number of alkyl halides is 1. The monoisotopic (exact) mass is 244 g/mol. The van der Waals surface area contributed by atoms with Gasteiger partial charge < -0.3 is 14.9 Å². The second-order valence-corrected chi connectivity index (χ2v) is 4.72. The van der Waals surface area contributed by atoms with Crippen LogP contribution >= 0.6 is 0 Å². The molecule has 0 aromatic rings. The standard InChI is InChI=1S/C11H17FN2O3/c12-8-5-9(7-13(6-8)11(16)17)14-4-2-1-3-10(14)15/h8-9H,1-7H2,(H,16,17). The molecule has 17 heavy (non-hydrogen) atoms. The van der Waals surface area contributed by atoms with Crippen molar-refractivity contribution in [1.29, 1.82) is 0 Å². The van der Waals surface area contributed by atoms with Crippen LogP contribution in [-0.2, 0) is 4.79 Å². The maximum Gasteiger partial charge on any atom is 0.407 e. The molecule has 0 bridgehead atoms. The van der Waals surface area contributed by atoms with E-state index in [0.29, 0.717) is 13.0 Å². The molecule has 2 heterocycles. The van der Waals surface area contributed by atoms with Gasteiger partial charge in [0.05, 0.1) is 12.6 Å². The minimum Gasteiger partial charge on any atom is -0.465 e. The lowest BCUT2D eigenvalue weighted by Gasteiger charge is -2.41. The quantitative estimate of drug-likeness (QED) is 0.751. The fourth-order valence-corrected chi connectivity index (χ4v) is 2.61. The van der Waals surface area contributed by atoms with E-state index in [9.17, 15) is 14.0 Å². The molecule has 2 saturated heterocycles. The summed E-state index contributed by atoms with van der Waals surface area (Å²) < 4.78 is 13.5. The highest BCUT2D eigenvalue weighted by Gasteiger charge is 2.35. The van der Waals surface area contributed by atoms with Crippen molar-refractivity contribution in [3.8, 4) is 0 Å². The zero-order chi connectivity index (χ0) is 12.4. The zero-order valence-corrected chi connectivity index (χ0v) is 9.64. The largest absolute Gasteiger partial charge is 0.465 e. The van der Waals surface area contributed by atoms with Crippen LogP contribution in [0.15, 0.2) is 0 Å². The molecule has 2 unspecified atom stereocenters. The Kier molecular flexibility index (Phi) is 3.49. The van der Waals surface area contributed by atoms with E-state index < -0.39 is 12.3 Å². The van der Waals surface area contributed by atoms with Crippen molar-refractivity contribution in [3.05, 3.63) is 0 Å². The van der Waals surface area contributed by atoms with Gasteiger partial charge in [-0.05, 0) is 12.8 Å². The highest BCUT2D eigenvalue weighted by atomic mass is 19.1. The Morgan fingerprint density at radius 2 is 2.12 bits per heavy atom. The molecular formula is C11H17FN2O3. The molecule has 96 valence electrons. The van der Waals surface area contributed by atoms with Gasteiger partial charge in [0.25, 0.3) is 0 Å². The van der Waals surface area contributed by atoms with Gasteiger partial charge in [-0.15, -0.1) is 0 Å². The van der Waals surface area contributed by atoms with Gasteiger partial charge in [-0.3, -0.25) is 4.79 Å². The van der Waals surface area contributed by atoms with Crippen LogP contribution in [0, 0.1) is 0 Å². The Bertz CT molecular complexity index is 324. The van der Waals surface area contributed by atoms with Crippen LogP contribution < -0.4 is 0 Å². The Morgan fingerprint density at radius 1 is 1.35 bits per heavy atom. The predicted molar refractivity (Wildman–Crippen MR) is 58.5 cm³/mol. The summed E-state index contributed by atoms with van der Waals surface area (Å²) >= 11 is 0. The van der Waals surface area contributed by atoms with Crippen molar-refractivity contribution in [2.24, 2.45) is 0 Å². The first-order valence-corrected chi connectivity index (χ1v) is 5.99. The third-order valence-corrected chi connectivity index (χ3v) is 3.45. The number of hydrogen-bond acceptors (Lipinski definition) is 2. The lowest BCUT2D eigenvalue weighted by atomic mass is 9.99. The van der Waals surface area contributed by atoms with Gasteiger partial charge in [-0.2, -0.15) is 0 Å². The molecule has 2 amide bonds. The van der Waals surface area contributed by atoms with Gasteiger partial charge in [-0.1, -0.05) is 0 Å². The Balaban J connectivity index is 2.04. The topological polar surface area (TPSA) is 60.9 Å². The molecule has 0 saturated carbocycles. The summed E-state index contributed by atoms with van der Waals surface area (Å²) in [7, 11) is 0. The second kappa shape index (κ2) is 4.89. The van der Waals surface area contributed by atoms with E-state index in [4.69, 9.17) is 5.11 Å². The molecule has 0 aromatic carbocycles. The average molecular weight is 244 g/mol. The maximum atomic E-state index is 13.5. The SMILES string of the molecule is O=C(O)N1CC(F)CC(N2CCCCC2=O)C1.